The van der Waals surface area contributed by atoms with Gasteiger partial charge in [-0.25, -0.2) is 0 Å². The van der Waals surface area contributed by atoms with E-state index in [9.17, 15) is 0 Å². The summed E-state index contributed by atoms with van der Waals surface area (Å²) in [6, 6.07) is 37.1. The van der Waals surface area contributed by atoms with Gasteiger partial charge in [0.2, 0.25) is 0 Å². The van der Waals surface area contributed by atoms with E-state index in [1.807, 2.05) is 36.4 Å². The maximum absolute atomic E-state index is 6.51. The number of rotatable bonds is 2. The van der Waals surface area contributed by atoms with Gasteiger partial charge in [0.15, 0.2) is 23.0 Å². The Bertz CT molecular complexity index is 1270. The largest absolute Gasteiger partial charge is 0.449 e. The summed E-state index contributed by atoms with van der Waals surface area (Å²) in [6.45, 7) is 0. The molecular weight excluding hydrogens is 368 g/mol. The van der Waals surface area contributed by atoms with E-state index in [4.69, 9.17) is 9.47 Å². The molecule has 2 nitrogen and oxygen atoms in total. The van der Waals surface area contributed by atoms with Crippen LogP contribution in [0.4, 0.5) is 0 Å². The second-order valence-corrected chi connectivity index (χ2v) is 7.34. The van der Waals surface area contributed by atoms with E-state index in [2.05, 4.69) is 72.8 Å². The molecule has 0 aliphatic carbocycles. The van der Waals surface area contributed by atoms with Crippen molar-refractivity contribution in [3.8, 4) is 45.3 Å². The van der Waals surface area contributed by atoms with Crippen molar-refractivity contribution in [2.24, 2.45) is 0 Å². The Morgan fingerprint density at radius 3 is 1.17 bits per heavy atom. The first-order valence-electron chi connectivity index (χ1n) is 10.0. The molecule has 0 spiro atoms. The summed E-state index contributed by atoms with van der Waals surface area (Å²) >= 11 is 0. The van der Waals surface area contributed by atoms with Gasteiger partial charge in [-0.2, -0.15) is 0 Å². The highest BCUT2D eigenvalue weighted by Crippen LogP contribution is 2.57. The molecule has 0 saturated heterocycles. The molecule has 0 amide bonds. The number of fused-ring (bicyclic) bond motifs is 3. The van der Waals surface area contributed by atoms with Crippen molar-refractivity contribution in [2.75, 3.05) is 0 Å². The molecule has 6 rings (SSSR count). The minimum atomic E-state index is 0.733. The first-order valence-corrected chi connectivity index (χ1v) is 10.0. The Morgan fingerprint density at radius 1 is 0.367 bits per heavy atom. The Balaban J connectivity index is 1.76. The number of para-hydroxylation sites is 2. The average molecular weight is 386 g/mol. The van der Waals surface area contributed by atoms with Gasteiger partial charge in [0.25, 0.3) is 0 Å². The molecule has 1 aliphatic rings. The van der Waals surface area contributed by atoms with Crippen LogP contribution in [0.15, 0.2) is 109 Å². The summed E-state index contributed by atoms with van der Waals surface area (Å²) in [5, 5.41) is 2.29. The SMILES string of the molecule is c1ccc(-c2c3c(c(-c4ccccc4)c4ccccc24)Oc2ccccc2O3)cc1. The number of benzene rings is 5. The van der Waals surface area contributed by atoms with Gasteiger partial charge < -0.3 is 9.47 Å². The fraction of sp³-hybridized carbons (Fsp3) is 0. The summed E-state index contributed by atoms with van der Waals surface area (Å²) in [7, 11) is 0. The van der Waals surface area contributed by atoms with E-state index in [0.717, 1.165) is 56.0 Å². The summed E-state index contributed by atoms with van der Waals surface area (Å²) < 4.78 is 13.0. The molecular formula is C28H18O2. The highest BCUT2D eigenvalue weighted by Gasteiger charge is 2.29. The maximum atomic E-state index is 6.51. The lowest BCUT2D eigenvalue weighted by Crippen LogP contribution is -2.03. The van der Waals surface area contributed by atoms with Crippen LogP contribution in [0, 0.1) is 0 Å². The third-order valence-corrected chi connectivity index (χ3v) is 5.52. The van der Waals surface area contributed by atoms with Crippen LogP contribution in [0.5, 0.6) is 23.0 Å². The Kier molecular flexibility index (Phi) is 3.82. The lowest BCUT2D eigenvalue weighted by Gasteiger charge is -2.27. The van der Waals surface area contributed by atoms with Crippen LogP contribution in [-0.4, -0.2) is 0 Å². The Hall–Kier alpha value is -4.04. The summed E-state index contributed by atoms with van der Waals surface area (Å²) in [5.74, 6) is 2.99. The number of hydrogen-bond acceptors (Lipinski definition) is 2. The van der Waals surface area contributed by atoms with Gasteiger partial charge in [-0.1, -0.05) is 97.1 Å². The molecule has 0 saturated carbocycles. The van der Waals surface area contributed by atoms with Crippen molar-refractivity contribution < 1.29 is 9.47 Å². The minimum absolute atomic E-state index is 0.733. The predicted octanol–water partition coefficient (Wildman–Crippen LogP) is 8.07. The highest BCUT2D eigenvalue weighted by atomic mass is 16.6. The molecule has 5 aromatic rings. The molecule has 0 bridgehead atoms. The van der Waals surface area contributed by atoms with Crippen molar-refractivity contribution in [1.29, 1.82) is 0 Å². The minimum Gasteiger partial charge on any atom is -0.449 e. The van der Waals surface area contributed by atoms with Gasteiger partial charge in [0.1, 0.15) is 0 Å². The zero-order chi connectivity index (χ0) is 19.9. The first-order chi connectivity index (χ1) is 14.9. The summed E-state index contributed by atoms with van der Waals surface area (Å²) in [6.07, 6.45) is 0. The molecule has 0 N–H and O–H groups in total. The second-order valence-electron chi connectivity index (χ2n) is 7.34. The van der Waals surface area contributed by atoms with Crippen molar-refractivity contribution in [1.82, 2.24) is 0 Å². The molecule has 142 valence electrons. The zero-order valence-electron chi connectivity index (χ0n) is 16.2. The molecule has 0 aromatic heterocycles. The summed E-state index contributed by atoms with van der Waals surface area (Å²) in [4.78, 5) is 0. The molecule has 1 aliphatic heterocycles. The topological polar surface area (TPSA) is 18.5 Å². The normalized spacial score (nSPS) is 11.9. The van der Waals surface area contributed by atoms with Crippen LogP contribution >= 0.6 is 0 Å². The van der Waals surface area contributed by atoms with Gasteiger partial charge in [-0.15, -0.1) is 0 Å². The highest BCUT2D eigenvalue weighted by molar-refractivity contribution is 6.11. The lowest BCUT2D eigenvalue weighted by molar-refractivity contribution is 0.362. The van der Waals surface area contributed by atoms with Crippen LogP contribution in [0.25, 0.3) is 33.0 Å². The maximum Gasteiger partial charge on any atom is 0.179 e. The Labute approximate surface area is 175 Å². The molecule has 2 heteroatoms. The van der Waals surface area contributed by atoms with E-state index < -0.39 is 0 Å². The van der Waals surface area contributed by atoms with Gasteiger partial charge in [-0.3, -0.25) is 0 Å². The lowest BCUT2D eigenvalue weighted by atomic mass is 9.90. The van der Waals surface area contributed by atoms with E-state index in [-0.39, 0.29) is 0 Å². The monoisotopic (exact) mass is 386 g/mol. The second kappa shape index (κ2) is 6.78. The summed E-state index contributed by atoms with van der Waals surface area (Å²) in [5.41, 5.74) is 4.31. The first kappa shape index (κ1) is 16.9. The van der Waals surface area contributed by atoms with E-state index >= 15 is 0 Å². The van der Waals surface area contributed by atoms with Crippen molar-refractivity contribution in [2.45, 2.75) is 0 Å². The third-order valence-electron chi connectivity index (χ3n) is 5.52. The molecule has 0 fully saturated rings. The average Bonchev–Trinajstić information content (AvgIpc) is 2.82. The number of hydrogen-bond donors (Lipinski definition) is 0. The van der Waals surface area contributed by atoms with Crippen LogP contribution < -0.4 is 9.47 Å². The van der Waals surface area contributed by atoms with Crippen molar-refractivity contribution >= 4 is 10.8 Å². The van der Waals surface area contributed by atoms with E-state index in [1.165, 1.54) is 0 Å². The quantitative estimate of drug-likeness (QED) is 0.299. The van der Waals surface area contributed by atoms with Gasteiger partial charge >= 0.3 is 0 Å². The van der Waals surface area contributed by atoms with E-state index in [1.54, 1.807) is 0 Å². The molecule has 30 heavy (non-hydrogen) atoms. The Morgan fingerprint density at radius 2 is 0.733 bits per heavy atom. The molecule has 1 heterocycles. The molecule has 0 unspecified atom stereocenters. The third kappa shape index (κ3) is 2.58. The van der Waals surface area contributed by atoms with Crippen molar-refractivity contribution in [3.05, 3.63) is 109 Å². The van der Waals surface area contributed by atoms with Crippen molar-refractivity contribution in [3.63, 3.8) is 0 Å². The number of ether oxygens (including phenoxy) is 2. The molecule has 0 atom stereocenters. The predicted molar refractivity (Wildman–Crippen MR) is 121 cm³/mol. The van der Waals surface area contributed by atoms with Gasteiger partial charge in [0, 0.05) is 11.1 Å². The fourth-order valence-electron chi connectivity index (χ4n) is 4.21. The fourth-order valence-corrected chi connectivity index (χ4v) is 4.21. The van der Waals surface area contributed by atoms with Crippen LogP contribution in [0.2, 0.25) is 0 Å². The van der Waals surface area contributed by atoms with E-state index in [0.29, 0.717) is 0 Å². The standard InChI is InChI=1S/C28H18O2/c1-3-11-19(12-4-1)25-21-15-7-8-16-22(21)26(20-13-5-2-6-14-20)28-27(25)29-23-17-9-10-18-24(23)30-28/h1-18H. The van der Waals surface area contributed by atoms with Crippen LogP contribution in [-0.2, 0) is 0 Å². The van der Waals surface area contributed by atoms with Gasteiger partial charge in [0.05, 0.1) is 0 Å². The molecule has 0 radical (unpaired) electrons. The smallest absolute Gasteiger partial charge is 0.179 e. The van der Waals surface area contributed by atoms with Crippen LogP contribution in [0.3, 0.4) is 0 Å². The molecule has 5 aromatic carbocycles. The van der Waals surface area contributed by atoms with Gasteiger partial charge in [-0.05, 0) is 34.0 Å². The van der Waals surface area contributed by atoms with Crippen LogP contribution in [0.1, 0.15) is 0 Å². The zero-order valence-corrected chi connectivity index (χ0v) is 16.2.